The number of hydrogen-bond acceptors (Lipinski definition) is 5. The third kappa shape index (κ3) is 6.10. The average molecular weight is 359 g/mol. The fourth-order valence-corrected chi connectivity index (χ4v) is 3.90. The summed E-state index contributed by atoms with van der Waals surface area (Å²) in [5, 5.41) is 6.89. The van der Waals surface area contributed by atoms with Crippen molar-refractivity contribution in [3.05, 3.63) is 0 Å². The molecule has 6 nitrogen and oxygen atoms in total. The van der Waals surface area contributed by atoms with Crippen molar-refractivity contribution in [2.75, 3.05) is 65.4 Å². The highest BCUT2D eigenvalue weighted by atomic mass is 32.2. The van der Waals surface area contributed by atoms with Crippen molar-refractivity contribution in [1.82, 2.24) is 15.5 Å². The van der Waals surface area contributed by atoms with Gasteiger partial charge in [0, 0.05) is 50.2 Å². The van der Waals surface area contributed by atoms with Crippen LogP contribution in [0.2, 0.25) is 0 Å². The quantitative estimate of drug-likeness (QED) is 0.526. The molecule has 2 heterocycles. The van der Waals surface area contributed by atoms with Crippen molar-refractivity contribution >= 4 is 17.7 Å². The van der Waals surface area contributed by atoms with E-state index in [1.807, 2.05) is 11.8 Å². The molecule has 0 aromatic rings. The van der Waals surface area contributed by atoms with Gasteiger partial charge in [-0.15, -0.1) is 0 Å². The van der Waals surface area contributed by atoms with Gasteiger partial charge in [0.25, 0.3) is 0 Å². The first-order valence-electron chi connectivity index (χ1n) is 9.16. The van der Waals surface area contributed by atoms with E-state index in [2.05, 4.69) is 35.6 Å². The number of guanidine groups is 1. The summed E-state index contributed by atoms with van der Waals surface area (Å²) in [7, 11) is 0. The molecule has 140 valence electrons. The molecule has 0 aliphatic carbocycles. The van der Waals surface area contributed by atoms with Crippen LogP contribution < -0.4 is 10.6 Å². The van der Waals surface area contributed by atoms with Gasteiger partial charge in [-0.05, 0) is 32.9 Å². The Morgan fingerprint density at radius 1 is 1.17 bits per heavy atom. The minimum atomic E-state index is 0.233. The Labute approximate surface area is 151 Å². The van der Waals surface area contributed by atoms with E-state index in [-0.39, 0.29) is 4.75 Å². The molecule has 2 aliphatic rings. The summed E-state index contributed by atoms with van der Waals surface area (Å²) in [6, 6.07) is 0.482. The second-order valence-electron chi connectivity index (χ2n) is 6.57. The van der Waals surface area contributed by atoms with E-state index in [9.17, 15) is 0 Å². The molecule has 7 heteroatoms. The van der Waals surface area contributed by atoms with Crippen LogP contribution in [0.5, 0.6) is 0 Å². The zero-order valence-electron chi connectivity index (χ0n) is 15.5. The minimum Gasteiger partial charge on any atom is -0.381 e. The Morgan fingerprint density at radius 3 is 2.46 bits per heavy atom. The largest absolute Gasteiger partial charge is 0.381 e. The van der Waals surface area contributed by atoms with Crippen LogP contribution in [0.3, 0.4) is 0 Å². The van der Waals surface area contributed by atoms with E-state index in [4.69, 9.17) is 14.5 Å². The van der Waals surface area contributed by atoms with Gasteiger partial charge < -0.3 is 20.1 Å². The Kier molecular flexibility index (Phi) is 8.66. The normalized spacial score (nSPS) is 23.7. The third-order valence-electron chi connectivity index (χ3n) is 4.94. The molecule has 2 N–H and O–H groups in total. The molecule has 0 amide bonds. The summed E-state index contributed by atoms with van der Waals surface area (Å²) in [6.07, 6.45) is 4.37. The van der Waals surface area contributed by atoms with Crippen molar-refractivity contribution < 1.29 is 9.47 Å². The van der Waals surface area contributed by atoms with Crippen LogP contribution in [0.4, 0.5) is 0 Å². The Bertz CT molecular complexity index is 383. The van der Waals surface area contributed by atoms with E-state index >= 15 is 0 Å². The number of thioether (sulfide) groups is 1. The van der Waals surface area contributed by atoms with Crippen molar-refractivity contribution in [1.29, 1.82) is 0 Å². The average Bonchev–Trinajstić information content (AvgIpc) is 2.65. The molecule has 0 saturated carbocycles. The third-order valence-corrected chi connectivity index (χ3v) is 6.34. The van der Waals surface area contributed by atoms with E-state index in [1.54, 1.807) is 0 Å². The number of hydrogen-bond donors (Lipinski definition) is 2. The number of aliphatic imine (C=N–C) groups is 1. The second-order valence-corrected chi connectivity index (χ2v) is 7.85. The van der Waals surface area contributed by atoms with Crippen LogP contribution in [0.1, 0.15) is 26.7 Å². The number of nitrogens with zero attached hydrogens (tertiary/aromatic N) is 2. The highest BCUT2D eigenvalue weighted by Gasteiger charge is 2.31. The molecule has 0 radical (unpaired) electrons. The van der Waals surface area contributed by atoms with Crippen molar-refractivity contribution in [2.24, 2.45) is 4.99 Å². The molecular formula is C17H34N4O2S. The fraction of sp³-hybridized carbons (Fsp3) is 0.941. The molecule has 2 fully saturated rings. The summed E-state index contributed by atoms with van der Waals surface area (Å²) >= 11 is 1.94. The van der Waals surface area contributed by atoms with Gasteiger partial charge in [-0.25, -0.2) is 0 Å². The van der Waals surface area contributed by atoms with Gasteiger partial charge in [-0.1, -0.05) is 0 Å². The first kappa shape index (κ1) is 19.8. The number of rotatable bonds is 7. The van der Waals surface area contributed by atoms with Crippen LogP contribution in [-0.2, 0) is 9.47 Å². The lowest BCUT2D eigenvalue weighted by molar-refractivity contribution is 0.0211. The fourth-order valence-electron chi connectivity index (χ4n) is 3.13. The SMILES string of the molecule is CCNC(=NCC1(SC)CCOCC1)NCC(C)N1CCOCC1. The van der Waals surface area contributed by atoms with E-state index in [0.29, 0.717) is 6.04 Å². The van der Waals surface area contributed by atoms with E-state index < -0.39 is 0 Å². The molecule has 0 aromatic carbocycles. The Hall–Kier alpha value is -0.500. The highest BCUT2D eigenvalue weighted by molar-refractivity contribution is 8.00. The molecule has 2 aliphatic heterocycles. The predicted octanol–water partition coefficient (Wildman–Crippen LogP) is 1.17. The van der Waals surface area contributed by atoms with Crippen molar-refractivity contribution in [2.45, 2.75) is 37.5 Å². The molecule has 24 heavy (non-hydrogen) atoms. The Morgan fingerprint density at radius 2 is 1.83 bits per heavy atom. The van der Waals surface area contributed by atoms with Crippen LogP contribution in [0.15, 0.2) is 4.99 Å². The van der Waals surface area contributed by atoms with Crippen molar-refractivity contribution in [3.63, 3.8) is 0 Å². The summed E-state index contributed by atoms with van der Waals surface area (Å²) in [6.45, 7) is 12.5. The smallest absolute Gasteiger partial charge is 0.191 e. The van der Waals surface area contributed by atoms with E-state index in [0.717, 1.165) is 78.0 Å². The monoisotopic (exact) mass is 358 g/mol. The standard InChI is InChI=1S/C17H34N4O2S/c1-4-18-16(19-13-15(2)21-7-11-23-12-8-21)20-14-17(24-3)5-9-22-10-6-17/h15H,4-14H2,1-3H3,(H2,18,19,20). The van der Waals surface area contributed by atoms with Crippen LogP contribution >= 0.6 is 11.8 Å². The van der Waals surface area contributed by atoms with Crippen LogP contribution in [0.25, 0.3) is 0 Å². The van der Waals surface area contributed by atoms with Crippen LogP contribution in [-0.4, -0.2) is 87.1 Å². The maximum absolute atomic E-state index is 5.52. The topological polar surface area (TPSA) is 58.1 Å². The van der Waals surface area contributed by atoms with Gasteiger partial charge in [0.15, 0.2) is 5.96 Å². The maximum Gasteiger partial charge on any atom is 0.191 e. The van der Waals surface area contributed by atoms with Gasteiger partial charge in [0.05, 0.1) is 19.8 Å². The van der Waals surface area contributed by atoms with E-state index in [1.165, 1.54) is 0 Å². The molecule has 0 aromatic heterocycles. The Balaban J connectivity index is 1.85. The zero-order chi connectivity index (χ0) is 17.3. The second kappa shape index (κ2) is 10.5. The minimum absolute atomic E-state index is 0.233. The van der Waals surface area contributed by atoms with Crippen molar-refractivity contribution in [3.8, 4) is 0 Å². The predicted molar refractivity (Wildman–Crippen MR) is 102 cm³/mol. The number of ether oxygens (including phenoxy) is 2. The molecule has 0 spiro atoms. The molecule has 0 bridgehead atoms. The van der Waals surface area contributed by atoms with Gasteiger partial charge >= 0.3 is 0 Å². The summed E-state index contributed by atoms with van der Waals surface area (Å²) in [5.74, 6) is 0.928. The molecular weight excluding hydrogens is 324 g/mol. The molecule has 1 unspecified atom stereocenters. The maximum atomic E-state index is 5.52. The van der Waals surface area contributed by atoms with Gasteiger partial charge in [0.2, 0.25) is 0 Å². The lowest BCUT2D eigenvalue weighted by Gasteiger charge is -2.34. The van der Waals surface area contributed by atoms with Gasteiger partial charge in [-0.2, -0.15) is 11.8 Å². The number of morpholine rings is 1. The zero-order valence-corrected chi connectivity index (χ0v) is 16.3. The van der Waals surface area contributed by atoms with Gasteiger partial charge in [-0.3, -0.25) is 9.89 Å². The number of nitrogens with one attached hydrogen (secondary N) is 2. The lowest BCUT2D eigenvalue weighted by atomic mass is 9.99. The first-order valence-corrected chi connectivity index (χ1v) is 10.4. The highest BCUT2D eigenvalue weighted by Crippen LogP contribution is 2.33. The molecule has 1 atom stereocenters. The molecule has 2 saturated heterocycles. The summed E-state index contributed by atoms with van der Waals surface area (Å²) in [4.78, 5) is 7.35. The molecule has 2 rings (SSSR count). The first-order chi connectivity index (χ1) is 11.7. The summed E-state index contributed by atoms with van der Waals surface area (Å²) < 4.78 is 11.2. The van der Waals surface area contributed by atoms with Gasteiger partial charge in [0.1, 0.15) is 0 Å². The summed E-state index contributed by atoms with van der Waals surface area (Å²) in [5.41, 5.74) is 0. The van der Waals surface area contributed by atoms with Crippen LogP contribution in [0, 0.1) is 0 Å². The lowest BCUT2D eigenvalue weighted by Crippen LogP contribution is -2.49.